The van der Waals surface area contributed by atoms with Gasteiger partial charge >= 0.3 is 6.80 Å². The molecule has 0 aromatic heterocycles. The Morgan fingerprint density at radius 1 is 1.17 bits per heavy atom. The van der Waals surface area contributed by atoms with E-state index in [-0.39, 0.29) is 0 Å². The van der Waals surface area contributed by atoms with E-state index >= 15 is 0 Å². The highest BCUT2D eigenvalue weighted by atomic mass is 33.3. The van der Waals surface area contributed by atoms with E-state index in [2.05, 4.69) is 0 Å². The van der Waals surface area contributed by atoms with E-state index in [0.29, 0.717) is 10.4 Å². The number of hydrogen-bond donors (Lipinski definition) is 2. The Labute approximate surface area is 77.9 Å². The Morgan fingerprint density at radius 3 is 2.25 bits per heavy atom. The largest absolute Gasteiger partial charge is 0.394 e. The Morgan fingerprint density at radius 2 is 1.75 bits per heavy atom. The van der Waals surface area contributed by atoms with Crippen LogP contribution >= 0.6 is 28.0 Å². The van der Waals surface area contributed by atoms with Gasteiger partial charge in [-0.1, -0.05) is 18.2 Å². The third-order valence-corrected chi connectivity index (χ3v) is 5.51. The maximum atomic E-state index is 10.4. The maximum Gasteiger partial charge on any atom is 0.394 e. The molecule has 0 saturated heterocycles. The monoisotopic (exact) mass is 222 g/mol. The summed E-state index contributed by atoms with van der Waals surface area (Å²) in [5.41, 5.74) is 0. The fourth-order valence-electron chi connectivity index (χ4n) is 0.568. The molecule has 0 aliphatic rings. The molecule has 2 N–H and O–H groups in total. The van der Waals surface area contributed by atoms with Crippen molar-refractivity contribution < 1.29 is 14.4 Å². The molecule has 6 heteroatoms. The van der Waals surface area contributed by atoms with Crippen LogP contribution < -0.4 is 0 Å². The molecule has 0 fully saturated rings. The first-order valence-electron chi connectivity index (χ1n) is 3.05. The van der Waals surface area contributed by atoms with Crippen LogP contribution in [0.3, 0.4) is 0 Å². The van der Waals surface area contributed by atoms with Crippen molar-refractivity contribution in [3.8, 4) is 0 Å². The van der Waals surface area contributed by atoms with E-state index < -0.39 is 6.80 Å². The summed E-state index contributed by atoms with van der Waals surface area (Å²) >= 11 is 0. The average Bonchev–Trinajstić information content (AvgIpc) is 2.02. The van der Waals surface area contributed by atoms with Gasteiger partial charge in [-0.15, -0.1) is 0 Å². The Bertz CT molecular complexity index is 284. The Hall–Kier alpha value is 0.0700. The molecule has 66 valence electrons. The van der Waals surface area contributed by atoms with E-state index in [1.807, 2.05) is 18.2 Å². The topological polar surface area (TPSA) is 57.5 Å². The summed E-state index contributed by atoms with van der Waals surface area (Å²) < 4.78 is 10.4. The molecule has 0 spiro atoms. The number of benzene rings is 1. The van der Waals surface area contributed by atoms with E-state index in [9.17, 15) is 4.57 Å². The highest BCUT2D eigenvalue weighted by molar-refractivity contribution is 8.98. The zero-order valence-corrected chi connectivity index (χ0v) is 8.48. The molecule has 1 aromatic rings. The maximum absolute atomic E-state index is 10.4. The molecule has 1 rings (SSSR count). The van der Waals surface area contributed by atoms with Crippen molar-refractivity contribution in [3.63, 3.8) is 0 Å². The highest BCUT2D eigenvalue weighted by Gasteiger charge is 2.14. The van der Waals surface area contributed by atoms with Gasteiger partial charge in [-0.3, -0.25) is 0 Å². The van der Waals surface area contributed by atoms with Crippen molar-refractivity contribution in [2.45, 2.75) is 4.90 Å². The second-order valence-electron chi connectivity index (χ2n) is 1.96. The van der Waals surface area contributed by atoms with Crippen LogP contribution in [0.2, 0.25) is 0 Å². The molecule has 0 heterocycles. The van der Waals surface area contributed by atoms with Crippen LogP contribution in [0.15, 0.2) is 35.2 Å². The molecule has 0 aliphatic carbocycles. The standard InChI is InChI=1S/C6H7O3PS2/c7-10(8,9)12-11-6-4-2-1-3-5-6/h1-5H,(H2,7,8,9). The van der Waals surface area contributed by atoms with Crippen molar-refractivity contribution in [1.29, 1.82) is 0 Å². The van der Waals surface area contributed by atoms with Crippen molar-refractivity contribution in [3.05, 3.63) is 30.3 Å². The van der Waals surface area contributed by atoms with Gasteiger partial charge in [0.25, 0.3) is 0 Å². The van der Waals surface area contributed by atoms with Gasteiger partial charge in [0.15, 0.2) is 0 Å². The number of hydrogen-bond acceptors (Lipinski definition) is 3. The molecule has 3 nitrogen and oxygen atoms in total. The molecule has 0 aliphatic heterocycles. The van der Waals surface area contributed by atoms with E-state index in [0.717, 1.165) is 15.7 Å². The van der Waals surface area contributed by atoms with E-state index in [1.165, 1.54) is 0 Å². The van der Waals surface area contributed by atoms with Crippen LogP contribution in [0.4, 0.5) is 0 Å². The lowest BCUT2D eigenvalue weighted by Crippen LogP contribution is -1.67. The Kier molecular flexibility index (Phi) is 3.68. The minimum atomic E-state index is -3.95. The summed E-state index contributed by atoms with van der Waals surface area (Å²) in [5, 5.41) is 0. The fraction of sp³-hybridized carbons (Fsp3) is 0. The summed E-state index contributed by atoms with van der Waals surface area (Å²) in [5.74, 6) is 0. The van der Waals surface area contributed by atoms with Gasteiger partial charge < -0.3 is 9.79 Å². The van der Waals surface area contributed by atoms with Gasteiger partial charge in [0.2, 0.25) is 0 Å². The highest BCUT2D eigenvalue weighted by Crippen LogP contribution is 2.58. The summed E-state index contributed by atoms with van der Waals surface area (Å²) in [6.07, 6.45) is 0. The minimum absolute atomic E-state index is 0.570. The first-order chi connectivity index (χ1) is 5.58. The van der Waals surface area contributed by atoms with Crippen molar-refractivity contribution in [2.24, 2.45) is 0 Å². The van der Waals surface area contributed by atoms with Gasteiger partial charge in [0.05, 0.1) is 0 Å². The lowest BCUT2D eigenvalue weighted by molar-refractivity contribution is 0.397. The molecule has 0 unspecified atom stereocenters. The summed E-state index contributed by atoms with van der Waals surface area (Å²) in [6.45, 7) is -3.95. The molecule has 0 atom stereocenters. The SMILES string of the molecule is O=P(O)(O)SSc1ccccc1. The molecule has 0 bridgehead atoms. The molecular formula is C6H7O3PS2. The van der Waals surface area contributed by atoms with Crippen LogP contribution in [0, 0.1) is 0 Å². The van der Waals surface area contributed by atoms with E-state index in [4.69, 9.17) is 9.79 Å². The lowest BCUT2D eigenvalue weighted by Gasteiger charge is -2.00. The minimum Gasteiger partial charge on any atom is -0.316 e. The van der Waals surface area contributed by atoms with Gasteiger partial charge in [0.1, 0.15) is 0 Å². The molecule has 0 saturated carbocycles. The van der Waals surface area contributed by atoms with Crippen LogP contribution in [0.25, 0.3) is 0 Å². The van der Waals surface area contributed by atoms with E-state index in [1.54, 1.807) is 12.1 Å². The second-order valence-corrected chi connectivity index (χ2v) is 7.45. The third kappa shape index (κ3) is 4.18. The van der Waals surface area contributed by atoms with Crippen molar-refractivity contribution in [1.82, 2.24) is 0 Å². The van der Waals surface area contributed by atoms with Crippen molar-refractivity contribution >= 4 is 28.0 Å². The molecule has 1 aromatic carbocycles. The first kappa shape index (κ1) is 10.2. The second kappa shape index (κ2) is 4.35. The van der Waals surface area contributed by atoms with Crippen molar-refractivity contribution in [2.75, 3.05) is 0 Å². The first-order valence-corrected chi connectivity index (χ1v) is 7.41. The van der Waals surface area contributed by atoms with Crippen LogP contribution in [0.5, 0.6) is 0 Å². The predicted octanol–water partition coefficient (Wildman–Crippen LogP) is 2.52. The molecule has 0 amide bonds. The van der Waals surface area contributed by atoms with Gasteiger partial charge in [-0.2, -0.15) is 0 Å². The predicted molar refractivity (Wildman–Crippen MR) is 51.9 cm³/mol. The van der Waals surface area contributed by atoms with Gasteiger partial charge in [-0.25, -0.2) is 4.57 Å². The van der Waals surface area contributed by atoms with Gasteiger partial charge in [-0.05, 0) is 22.9 Å². The normalized spacial score (nSPS) is 11.5. The smallest absolute Gasteiger partial charge is 0.316 e. The molecular weight excluding hydrogens is 215 g/mol. The lowest BCUT2D eigenvalue weighted by atomic mass is 10.4. The summed E-state index contributed by atoms with van der Waals surface area (Å²) in [6, 6.07) is 9.10. The average molecular weight is 222 g/mol. The van der Waals surface area contributed by atoms with Gasteiger partial charge in [0, 0.05) is 15.3 Å². The number of rotatable bonds is 3. The molecule has 0 radical (unpaired) electrons. The Balaban J connectivity index is 2.50. The summed E-state index contributed by atoms with van der Waals surface area (Å²) in [4.78, 5) is 17.9. The zero-order chi connectivity index (χ0) is 9.03. The van der Waals surface area contributed by atoms with Crippen LogP contribution in [0.1, 0.15) is 0 Å². The fourth-order valence-corrected chi connectivity index (χ4v) is 3.55. The quantitative estimate of drug-likeness (QED) is 0.608. The third-order valence-electron chi connectivity index (χ3n) is 0.974. The van der Waals surface area contributed by atoms with Crippen LogP contribution in [-0.2, 0) is 4.57 Å². The molecule has 12 heavy (non-hydrogen) atoms. The summed E-state index contributed by atoms with van der Waals surface area (Å²) in [7, 11) is 1.65. The zero-order valence-electron chi connectivity index (χ0n) is 5.95. The van der Waals surface area contributed by atoms with Crippen LogP contribution in [-0.4, -0.2) is 9.79 Å².